The Bertz CT molecular complexity index is 8000. The zero-order valence-electron chi connectivity index (χ0n) is 146. The molecule has 118 heavy (non-hydrogen) atoms. The van der Waals surface area contributed by atoms with Gasteiger partial charge in [-0.15, -0.1) is 0 Å². The van der Waals surface area contributed by atoms with E-state index in [1.807, 2.05) is 13.8 Å². The second-order valence-corrected chi connectivity index (χ2v) is 28.3. The summed E-state index contributed by atoms with van der Waals surface area (Å²) in [5.74, 6) is -41.3. The van der Waals surface area contributed by atoms with Crippen LogP contribution in [0.5, 0.6) is 57.5 Å². The van der Waals surface area contributed by atoms with Gasteiger partial charge in [-0.3, -0.25) is 48.5 Å². The number of carbonyl (C=O) groups is 5. The standard InChI is InChI=1S/3C20H29NO3.2C19H27NO3/c3*1-5-13(2)8-15-12-21-7-6-14-9-19(23-3)20(24-4)10-16(14)17(21)11-18(15)22;2*1-12(2)7-14-11-20-6-5-13-8-18(22-3)19(23-4)9-15(13)16(20)10-17(14)21/h3*9-10,13,15,17H,5-8,11-12H2,1-4H3;2*8-9,12,14,16H,5-7,10-11H2,1-4H3/i2D3,3D3,4D3,5D2,8D2,9D,10D,11D2,12D2,13D,15D;2D3,3D3,4D3,5D2,8D2,9D,10D,11D2,13D,15D;2D3,3D3,4D3,5D2,8D2,9D,10D,12D2,13D;3D3,4D3,8D,9D,10D2,11D2,14D;3D3,4D3,8D,9D,11D2. The molecule has 0 radical (unpaired) electrons. The van der Waals surface area contributed by atoms with Gasteiger partial charge in [0.25, 0.3) is 0 Å². The first-order chi connectivity index (χ1) is 88.0. The van der Waals surface area contributed by atoms with Gasteiger partial charge in [-0.25, -0.2) is 0 Å². The highest BCUT2D eigenvalue weighted by atomic mass is 16.5. The van der Waals surface area contributed by atoms with Gasteiger partial charge in [0.2, 0.25) is 0 Å². The highest BCUT2D eigenvalue weighted by Gasteiger charge is 2.45. The van der Waals surface area contributed by atoms with E-state index in [9.17, 15) is 24.0 Å². The predicted octanol–water partition coefficient (Wildman–Crippen LogP) is 17.4. The molecule has 0 aliphatic carbocycles. The lowest BCUT2D eigenvalue weighted by Crippen LogP contribution is -2.46. The van der Waals surface area contributed by atoms with E-state index in [1.54, 1.807) is 13.8 Å². The fourth-order valence-electron chi connectivity index (χ4n) is 14.4. The van der Waals surface area contributed by atoms with Crippen LogP contribution in [0.2, 0.25) is 0 Å². The number of piperidine rings is 5. The van der Waals surface area contributed by atoms with Crippen molar-refractivity contribution in [2.75, 3.05) is 136 Å². The summed E-state index contributed by atoms with van der Waals surface area (Å²) < 4.78 is 701. The molecule has 20 heteroatoms. The van der Waals surface area contributed by atoms with Crippen LogP contribution in [0.1, 0.15) is 349 Å². The SMILES string of the molecule is [2H]c1c2c(c([2H])c(OC([2H])([2H])[2H])c1OC([2H])([2H])[2H])C1CC(=O)C(C([2H])([2H])C([2H])(C([2H])([2H])[2H])C([2H])([2H])C)C([2H])([2H])N1CC2.[2H]c1c2c(c([2H])c(OC([2H])([2H])[2H])c1OC([2H])([2H])[2H])C1CC(=O)C(CC(C)C)C([2H])([2H])N1CC2.[2H]c1c2c(c([2H])c(OC([2H])([2H])[2H])c1OC([2H])([2H])[2H])C1N(CC2)C([2H])([2H])C([2H])(C([2H])([2H])C([2H])(C([2H])([2H])[2H])C([2H])([2H])C)C(=O)C1([2H])[2H].[2H]c1c2c(c([2H])c(OC([2H])([2H])[2H])c1OC([2H])([2H])[2H])C1N(CC2)C([2H])([2H])C([2H])(CC(C)C)C(=O)C1([2H])[2H].[2H]c1c2c(c([2H])c(OC([2H])([2H])[2H])c1OC([2H])([2H])[2H])C1N(CC2)CC([2H])(C([2H])([2H])C([2H])(C([2H])([2H])[2H])C([2H])([2H])C)C(=O)C1([2H])[2H]. The molecule has 20 nitrogen and oxygen atoms in total. The van der Waals surface area contributed by atoms with Crippen molar-refractivity contribution in [2.45, 2.75) is 214 Å². The Labute approximate surface area is 819 Å². The second kappa shape index (κ2) is 41.7. The number of hydrogen-bond donors (Lipinski definition) is 0. The molecule has 13 atom stereocenters. The number of fused-ring (bicyclic) bond motifs is 15. The van der Waals surface area contributed by atoms with Crippen molar-refractivity contribution in [3.8, 4) is 57.5 Å². The zero-order valence-corrected chi connectivity index (χ0v) is 64.7. The minimum atomic E-state index is -4.29. The fraction of sp³-hybridized carbons (Fsp3) is 0.643. The van der Waals surface area contributed by atoms with E-state index in [-0.39, 0.29) is 127 Å². The average Bonchev–Trinajstić information content (AvgIpc) is 0.657. The number of hydrogen-bond acceptors (Lipinski definition) is 20. The van der Waals surface area contributed by atoms with Crippen LogP contribution in [0.3, 0.4) is 0 Å². The first kappa shape index (κ1) is 32.5. The second-order valence-electron chi connectivity index (χ2n) is 28.3. The highest BCUT2D eigenvalue weighted by Crippen LogP contribution is 2.49. The van der Waals surface area contributed by atoms with Crippen LogP contribution in [-0.2, 0) is 56.1 Å². The van der Waals surface area contributed by atoms with E-state index in [1.165, 1.54) is 4.90 Å². The molecule has 10 heterocycles. The third kappa shape index (κ3) is 21.0. The summed E-state index contributed by atoms with van der Waals surface area (Å²) >= 11 is 0. The maximum Gasteiger partial charge on any atom is 0.161 e. The minimum absolute atomic E-state index is 0.0642. The molecule has 0 spiro atoms. The van der Waals surface area contributed by atoms with Gasteiger partial charge in [0.05, 0.1) is 125 Å². The zero-order chi connectivity index (χ0) is 155. The number of Topliss-reactive ketones (excluding diaryl/α,β-unsaturated/α-hetero) is 5. The van der Waals surface area contributed by atoms with Crippen LogP contribution in [-0.4, -0.2) is 189 Å². The van der Waals surface area contributed by atoms with Crippen LogP contribution in [0.4, 0.5) is 0 Å². The largest absolute Gasteiger partial charge is 0.493 e. The molecular formula is C98H141N5O15. The Hall–Kier alpha value is -7.75. The van der Waals surface area contributed by atoms with E-state index in [4.69, 9.17) is 158 Å². The summed E-state index contributed by atoms with van der Waals surface area (Å²) in [6.07, 6.45) is -33.4. The molecule has 0 N–H and O–H groups in total. The van der Waals surface area contributed by atoms with Crippen molar-refractivity contribution < 1.29 is 182 Å². The van der Waals surface area contributed by atoms with Crippen LogP contribution in [0.25, 0.3) is 0 Å². The van der Waals surface area contributed by atoms with E-state index in [2.05, 4.69) is 0 Å². The normalized spacial score (nSPS) is 42.5. The summed E-state index contributed by atoms with van der Waals surface area (Å²) in [5.41, 5.74) is -2.29. The Morgan fingerprint density at radius 1 is 0.364 bits per heavy atom. The lowest BCUT2D eigenvalue weighted by molar-refractivity contribution is -0.130. The summed E-state index contributed by atoms with van der Waals surface area (Å²) in [5, 5.41) is 0. The number of benzene rings is 5. The molecule has 0 aromatic heterocycles. The Morgan fingerprint density at radius 2 is 0.644 bits per heavy atom. The van der Waals surface area contributed by atoms with E-state index in [0.717, 1.165) is 14.7 Å². The lowest BCUT2D eigenvalue weighted by Gasteiger charge is -2.43. The number of ether oxygens (including phenoxy) is 10. The Morgan fingerprint density at radius 3 is 0.992 bits per heavy atom. The van der Waals surface area contributed by atoms with Gasteiger partial charge in [-0.1, -0.05) is 88.1 Å². The van der Waals surface area contributed by atoms with Crippen LogP contribution in [0, 0.1) is 59.0 Å². The van der Waals surface area contributed by atoms with Crippen molar-refractivity contribution in [1.82, 2.24) is 24.5 Å². The molecule has 10 aliphatic heterocycles. The summed E-state index contributed by atoms with van der Waals surface area (Å²) in [6, 6.07) is -16.0. The Kier molecular flexibility index (Phi) is 11.5. The number of ketones is 5. The fourth-order valence-corrected chi connectivity index (χ4v) is 14.4. The summed E-state index contributed by atoms with van der Waals surface area (Å²) in [6.45, 7) is -16.6. The van der Waals surface area contributed by atoms with E-state index in [0.29, 0.717) is 32.1 Å². The molecule has 0 bridgehead atoms. The van der Waals surface area contributed by atoms with Gasteiger partial charge in [0, 0.05) is 213 Å². The average molecular weight is 1710 g/mol. The number of methoxy groups -OCH3 is 10. The Balaban J connectivity index is 0.000000230. The molecule has 15 rings (SSSR count). The minimum Gasteiger partial charge on any atom is -0.493 e. The van der Waals surface area contributed by atoms with Gasteiger partial charge in [-0.2, -0.15) is 0 Å². The summed E-state index contributed by atoms with van der Waals surface area (Å²) in [4.78, 5) is 72.5. The van der Waals surface area contributed by atoms with E-state index >= 15 is 0 Å². The van der Waals surface area contributed by atoms with Crippen molar-refractivity contribution in [1.29, 1.82) is 0 Å². The lowest BCUT2D eigenvalue weighted by atomic mass is 9.79. The van der Waals surface area contributed by atoms with Gasteiger partial charge in [0.15, 0.2) is 57.5 Å². The van der Waals surface area contributed by atoms with Crippen molar-refractivity contribution in [3.63, 3.8) is 0 Å². The van der Waals surface area contributed by atoms with Crippen LogP contribution >= 0.6 is 0 Å². The van der Waals surface area contributed by atoms with Crippen molar-refractivity contribution in [3.05, 3.63) is 116 Å². The predicted molar refractivity (Wildman–Crippen MR) is 465 cm³/mol. The van der Waals surface area contributed by atoms with Crippen LogP contribution in [0.15, 0.2) is 60.4 Å². The molecule has 0 amide bonds. The smallest absolute Gasteiger partial charge is 0.161 e. The number of rotatable bonds is 23. The maximum atomic E-state index is 14.0. The first-order valence-corrected chi connectivity index (χ1v) is 36.7. The highest BCUT2D eigenvalue weighted by molar-refractivity contribution is 5.86. The monoisotopic (exact) mass is 1710 g/mol. The molecule has 648 valence electrons. The molecule has 5 aromatic carbocycles. The number of carbonyl (C=O) groups excluding carboxylic acids is 5. The third-order valence-electron chi connectivity index (χ3n) is 20.0. The van der Waals surface area contributed by atoms with Crippen molar-refractivity contribution >= 4 is 28.9 Å². The maximum absolute atomic E-state index is 14.0. The molecular weight excluding hydrogens is 1490 g/mol. The molecule has 13 unspecified atom stereocenters. The molecule has 5 aromatic rings. The van der Waals surface area contributed by atoms with Gasteiger partial charge >= 0.3 is 0 Å². The van der Waals surface area contributed by atoms with Crippen LogP contribution < -0.4 is 47.4 Å². The van der Waals surface area contributed by atoms with Gasteiger partial charge in [0.1, 0.15) is 28.9 Å². The molecule has 10 aliphatic rings. The molecule has 0 saturated carbocycles. The van der Waals surface area contributed by atoms with Gasteiger partial charge in [-0.05, 0) is 210 Å². The van der Waals surface area contributed by atoms with E-state index < -0.39 is 430 Å². The van der Waals surface area contributed by atoms with Crippen molar-refractivity contribution in [2.24, 2.45) is 59.0 Å². The third-order valence-corrected chi connectivity index (χ3v) is 20.0. The quantitative estimate of drug-likeness (QED) is 0.0598. The summed E-state index contributed by atoms with van der Waals surface area (Å²) in [7, 11) is -32.1. The first-order valence-electron chi connectivity index (χ1n) is 77.2. The molecule has 5 saturated heterocycles. The topological polar surface area (TPSA) is 194 Å². The number of nitrogens with zero attached hydrogens (tertiary/aromatic N) is 5. The van der Waals surface area contributed by atoms with Gasteiger partial charge < -0.3 is 47.4 Å². The molecule has 5 fully saturated rings.